The predicted octanol–water partition coefficient (Wildman–Crippen LogP) is 0.671. The molecule has 5 heteroatoms. The Morgan fingerprint density at radius 2 is 1.74 bits per heavy atom. The third kappa shape index (κ3) is 5.52. The van der Waals surface area contributed by atoms with Gasteiger partial charge in [0.15, 0.2) is 0 Å². The molecule has 0 bridgehead atoms. The molecular weight excluding hydrogens is 244 g/mol. The number of carbonyl (C=O) groups is 2. The average molecular weight is 264 g/mol. The summed E-state index contributed by atoms with van der Waals surface area (Å²) in [7, 11) is 0. The number of benzene rings is 1. The molecule has 0 aliphatic rings. The Morgan fingerprint density at radius 3 is 2.32 bits per heavy atom. The zero-order valence-electron chi connectivity index (χ0n) is 11.3. The van der Waals surface area contributed by atoms with Crippen molar-refractivity contribution in [1.29, 1.82) is 0 Å². The van der Waals surface area contributed by atoms with Crippen LogP contribution in [0.25, 0.3) is 0 Å². The number of aliphatic hydroxyl groups is 1. The maximum atomic E-state index is 11.4. The van der Waals surface area contributed by atoms with Crippen LogP contribution in [0.3, 0.4) is 0 Å². The first-order valence-corrected chi connectivity index (χ1v) is 6.31. The SMILES string of the molecule is CCNC(=O)CC(=O)NCC(O)c1ccc(C)cc1. The maximum Gasteiger partial charge on any atom is 0.229 e. The smallest absolute Gasteiger partial charge is 0.229 e. The lowest BCUT2D eigenvalue weighted by Gasteiger charge is -2.12. The van der Waals surface area contributed by atoms with E-state index in [-0.39, 0.29) is 18.9 Å². The van der Waals surface area contributed by atoms with Gasteiger partial charge in [-0.25, -0.2) is 0 Å². The molecule has 0 aromatic heterocycles. The Bertz CT molecular complexity index is 429. The fourth-order valence-electron chi connectivity index (χ4n) is 1.58. The van der Waals surface area contributed by atoms with Crippen molar-refractivity contribution in [2.75, 3.05) is 13.1 Å². The van der Waals surface area contributed by atoms with Crippen molar-refractivity contribution in [3.63, 3.8) is 0 Å². The molecule has 0 aliphatic carbocycles. The lowest BCUT2D eigenvalue weighted by molar-refractivity contribution is -0.129. The lowest BCUT2D eigenvalue weighted by atomic mass is 10.1. The van der Waals surface area contributed by atoms with Gasteiger partial charge in [-0.3, -0.25) is 9.59 Å². The van der Waals surface area contributed by atoms with Gasteiger partial charge in [-0.1, -0.05) is 29.8 Å². The highest BCUT2D eigenvalue weighted by Gasteiger charge is 2.11. The minimum Gasteiger partial charge on any atom is -0.387 e. The fourth-order valence-corrected chi connectivity index (χ4v) is 1.58. The number of aliphatic hydroxyl groups excluding tert-OH is 1. The lowest BCUT2D eigenvalue weighted by Crippen LogP contribution is -2.33. The number of carbonyl (C=O) groups excluding carboxylic acids is 2. The van der Waals surface area contributed by atoms with Gasteiger partial charge in [0, 0.05) is 13.1 Å². The van der Waals surface area contributed by atoms with Crippen LogP contribution >= 0.6 is 0 Å². The van der Waals surface area contributed by atoms with Gasteiger partial charge in [0.1, 0.15) is 6.42 Å². The molecule has 104 valence electrons. The van der Waals surface area contributed by atoms with E-state index in [0.29, 0.717) is 6.54 Å². The first-order valence-electron chi connectivity index (χ1n) is 6.31. The molecule has 2 amide bonds. The van der Waals surface area contributed by atoms with Crippen molar-refractivity contribution in [2.45, 2.75) is 26.4 Å². The molecule has 0 spiro atoms. The topological polar surface area (TPSA) is 78.4 Å². The van der Waals surface area contributed by atoms with Crippen molar-refractivity contribution in [2.24, 2.45) is 0 Å². The second-order valence-corrected chi connectivity index (χ2v) is 4.36. The van der Waals surface area contributed by atoms with E-state index in [1.54, 1.807) is 6.92 Å². The third-order valence-corrected chi connectivity index (χ3v) is 2.65. The summed E-state index contributed by atoms with van der Waals surface area (Å²) < 4.78 is 0. The number of nitrogens with one attached hydrogen (secondary N) is 2. The highest BCUT2D eigenvalue weighted by atomic mass is 16.3. The summed E-state index contributed by atoms with van der Waals surface area (Å²) in [4.78, 5) is 22.6. The van der Waals surface area contributed by atoms with Crippen LogP contribution in [-0.4, -0.2) is 30.0 Å². The number of hydrogen-bond donors (Lipinski definition) is 3. The van der Waals surface area contributed by atoms with Gasteiger partial charge in [0.25, 0.3) is 0 Å². The van der Waals surface area contributed by atoms with Crippen LogP contribution in [0, 0.1) is 6.92 Å². The van der Waals surface area contributed by atoms with Gasteiger partial charge in [-0.2, -0.15) is 0 Å². The van der Waals surface area contributed by atoms with Crippen LogP contribution in [0.1, 0.15) is 30.6 Å². The molecule has 0 radical (unpaired) electrons. The quantitative estimate of drug-likeness (QED) is 0.661. The minimum absolute atomic E-state index is 0.0985. The molecule has 19 heavy (non-hydrogen) atoms. The van der Waals surface area contributed by atoms with Gasteiger partial charge in [-0.05, 0) is 19.4 Å². The van der Waals surface area contributed by atoms with Gasteiger partial charge >= 0.3 is 0 Å². The molecule has 0 fully saturated rings. The highest BCUT2D eigenvalue weighted by molar-refractivity contribution is 5.96. The first kappa shape index (κ1) is 15.2. The standard InChI is InChI=1S/C14H20N2O3/c1-3-15-13(18)8-14(19)16-9-12(17)11-6-4-10(2)5-7-11/h4-7,12,17H,3,8-9H2,1-2H3,(H,15,18)(H,16,19). The highest BCUT2D eigenvalue weighted by Crippen LogP contribution is 2.12. The van der Waals surface area contributed by atoms with E-state index < -0.39 is 12.0 Å². The zero-order chi connectivity index (χ0) is 14.3. The van der Waals surface area contributed by atoms with Gasteiger partial charge in [0.2, 0.25) is 11.8 Å². The molecular formula is C14H20N2O3. The normalized spacial score (nSPS) is 11.7. The molecule has 1 unspecified atom stereocenters. The second-order valence-electron chi connectivity index (χ2n) is 4.36. The number of aryl methyl sites for hydroxylation is 1. The van der Waals surface area contributed by atoms with Crippen LogP contribution in [0.2, 0.25) is 0 Å². The van der Waals surface area contributed by atoms with Crippen LogP contribution in [0.15, 0.2) is 24.3 Å². The molecule has 5 nitrogen and oxygen atoms in total. The summed E-state index contributed by atoms with van der Waals surface area (Å²) in [5.41, 5.74) is 1.85. The second kappa shape index (κ2) is 7.53. The van der Waals surface area contributed by atoms with E-state index in [9.17, 15) is 14.7 Å². The Hall–Kier alpha value is -1.88. The van der Waals surface area contributed by atoms with Crippen LogP contribution in [0.4, 0.5) is 0 Å². The van der Waals surface area contributed by atoms with E-state index in [0.717, 1.165) is 11.1 Å². The van der Waals surface area contributed by atoms with E-state index in [4.69, 9.17) is 0 Å². The summed E-state index contributed by atoms with van der Waals surface area (Å²) in [5, 5.41) is 15.0. The molecule has 0 heterocycles. The zero-order valence-corrected chi connectivity index (χ0v) is 11.3. The monoisotopic (exact) mass is 264 g/mol. The Labute approximate surface area is 113 Å². The molecule has 0 saturated heterocycles. The molecule has 0 saturated carbocycles. The van der Waals surface area contributed by atoms with Crippen LogP contribution < -0.4 is 10.6 Å². The summed E-state index contributed by atoms with van der Waals surface area (Å²) in [6, 6.07) is 7.43. The van der Waals surface area contributed by atoms with Crippen molar-refractivity contribution < 1.29 is 14.7 Å². The number of amides is 2. The summed E-state index contributed by atoms with van der Waals surface area (Å²) in [6.45, 7) is 4.35. The number of hydrogen-bond acceptors (Lipinski definition) is 3. The molecule has 1 aromatic carbocycles. The van der Waals surface area contributed by atoms with Crippen molar-refractivity contribution in [3.05, 3.63) is 35.4 Å². The summed E-state index contributed by atoms with van der Waals surface area (Å²) in [5.74, 6) is -0.707. The van der Waals surface area contributed by atoms with Crippen molar-refractivity contribution in [1.82, 2.24) is 10.6 Å². The van der Waals surface area contributed by atoms with Crippen molar-refractivity contribution in [3.8, 4) is 0 Å². The third-order valence-electron chi connectivity index (χ3n) is 2.65. The van der Waals surface area contributed by atoms with E-state index >= 15 is 0 Å². The summed E-state index contributed by atoms with van der Waals surface area (Å²) >= 11 is 0. The Morgan fingerprint density at radius 1 is 1.16 bits per heavy atom. The van der Waals surface area contributed by atoms with Crippen LogP contribution in [-0.2, 0) is 9.59 Å². The van der Waals surface area contributed by atoms with Crippen LogP contribution in [0.5, 0.6) is 0 Å². The summed E-state index contributed by atoms with van der Waals surface area (Å²) in [6.07, 6.45) is -0.979. The van der Waals surface area contributed by atoms with E-state index in [1.165, 1.54) is 0 Å². The Balaban J connectivity index is 2.37. The Kier molecular flexibility index (Phi) is 6.02. The van der Waals surface area contributed by atoms with Gasteiger partial charge in [0.05, 0.1) is 6.10 Å². The first-order chi connectivity index (χ1) is 9.02. The van der Waals surface area contributed by atoms with Gasteiger partial charge in [-0.15, -0.1) is 0 Å². The van der Waals surface area contributed by atoms with Crippen molar-refractivity contribution >= 4 is 11.8 Å². The molecule has 1 aromatic rings. The minimum atomic E-state index is -0.765. The average Bonchev–Trinajstić information content (AvgIpc) is 2.37. The molecule has 1 atom stereocenters. The van der Waals surface area contributed by atoms with E-state index in [1.807, 2.05) is 31.2 Å². The molecule has 0 aliphatic heterocycles. The molecule has 1 rings (SSSR count). The number of rotatable bonds is 6. The fraction of sp³-hybridized carbons (Fsp3) is 0.429. The maximum absolute atomic E-state index is 11.4. The largest absolute Gasteiger partial charge is 0.387 e. The molecule has 3 N–H and O–H groups in total. The van der Waals surface area contributed by atoms with E-state index in [2.05, 4.69) is 10.6 Å². The predicted molar refractivity (Wildman–Crippen MR) is 72.4 cm³/mol. The van der Waals surface area contributed by atoms with Gasteiger partial charge < -0.3 is 15.7 Å².